The molecule has 74 valence electrons. The van der Waals surface area contributed by atoms with Crippen LogP contribution in [-0.4, -0.2) is 19.0 Å². The molecule has 0 aliphatic carbocycles. The van der Waals surface area contributed by atoms with Crippen molar-refractivity contribution in [2.24, 2.45) is 0 Å². The molecule has 1 aromatic carbocycles. The molecule has 0 saturated heterocycles. The molecule has 4 nitrogen and oxygen atoms in total. The summed E-state index contributed by atoms with van der Waals surface area (Å²) in [7, 11) is 0. The lowest BCUT2D eigenvalue weighted by Crippen LogP contribution is -2.11. The average Bonchev–Trinajstić information content (AvgIpc) is 2.20. The predicted octanol–water partition coefficient (Wildman–Crippen LogP) is 0.903. The number of hydrogen-bond donors (Lipinski definition) is 0. The molecule has 14 heavy (non-hydrogen) atoms. The Morgan fingerprint density at radius 3 is 2.64 bits per heavy atom. The van der Waals surface area contributed by atoms with Crippen molar-refractivity contribution in [3.63, 3.8) is 0 Å². The van der Waals surface area contributed by atoms with Gasteiger partial charge in [0.05, 0.1) is 6.61 Å². The summed E-state index contributed by atoms with van der Waals surface area (Å²) in [6, 6.07) is 9.41. The molecule has 1 rings (SSSR count). The number of esters is 1. The minimum atomic E-state index is -0.684. The van der Waals surface area contributed by atoms with Gasteiger partial charge in [-0.05, 0) is 5.56 Å². The summed E-state index contributed by atoms with van der Waals surface area (Å²) in [4.78, 5) is 20.4. The standard InChI is InChI=1S/C10H10O4/c11-8-14-10(12)7-13-6-9-4-2-1-3-5-9/h1-5,8H,6-7H2. The quantitative estimate of drug-likeness (QED) is 0.397. The summed E-state index contributed by atoms with van der Waals surface area (Å²) in [6.45, 7) is 0.205. The zero-order chi connectivity index (χ0) is 10.2. The smallest absolute Gasteiger partial charge is 0.339 e. The molecular formula is C10H10O4. The molecule has 0 spiro atoms. The van der Waals surface area contributed by atoms with Crippen molar-refractivity contribution in [1.82, 2.24) is 0 Å². The van der Waals surface area contributed by atoms with E-state index < -0.39 is 5.97 Å². The van der Waals surface area contributed by atoms with Gasteiger partial charge in [-0.25, -0.2) is 4.79 Å². The Kier molecular flexibility index (Phi) is 4.37. The number of rotatable bonds is 5. The van der Waals surface area contributed by atoms with Crippen LogP contribution in [-0.2, 0) is 25.7 Å². The van der Waals surface area contributed by atoms with Gasteiger partial charge in [0, 0.05) is 0 Å². The first kappa shape index (κ1) is 10.4. The molecule has 0 amide bonds. The number of hydrogen-bond acceptors (Lipinski definition) is 4. The Morgan fingerprint density at radius 2 is 2.00 bits per heavy atom. The van der Waals surface area contributed by atoms with E-state index in [2.05, 4.69) is 4.74 Å². The topological polar surface area (TPSA) is 52.6 Å². The lowest BCUT2D eigenvalue weighted by Gasteiger charge is -2.01. The van der Waals surface area contributed by atoms with Crippen molar-refractivity contribution in [2.75, 3.05) is 6.61 Å². The fraction of sp³-hybridized carbons (Fsp3) is 0.200. The van der Waals surface area contributed by atoms with E-state index in [0.29, 0.717) is 6.61 Å². The second-order valence-corrected chi connectivity index (χ2v) is 2.56. The van der Waals surface area contributed by atoms with Crippen LogP contribution in [0.1, 0.15) is 5.56 Å². The zero-order valence-electron chi connectivity index (χ0n) is 7.51. The van der Waals surface area contributed by atoms with Gasteiger partial charge >= 0.3 is 12.4 Å². The summed E-state index contributed by atoms with van der Waals surface area (Å²) in [5, 5.41) is 0. The molecule has 0 heterocycles. The monoisotopic (exact) mass is 194 g/mol. The summed E-state index contributed by atoms with van der Waals surface area (Å²) < 4.78 is 9.04. The van der Waals surface area contributed by atoms with Gasteiger partial charge in [-0.1, -0.05) is 30.3 Å². The second kappa shape index (κ2) is 5.88. The minimum Gasteiger partial charge on any atom is -0.394 e. The van der Waals surface area contributed by atoms with Gasteiger partial charge in [-0.3, -0.25) is 4.79 Å². The van der Waals surface area contributed by atoms with E-state index >= 15 is 0 Å². The third-order valence-electron chi connectivity index (χ3n) is 1.51. The van der Waals surface area contributed by atoms with Gasteiger partial charge < -0.3 is 9.47 Å². The van der Waals surface area contributed by atoms with Gasteiger partial charge in [0.2, 0.25) is 0 Å². The van der Waals surface area contributed by atoms with E-state index in [-0.39, 0.29) is 13.1 Å². The van der Waals surface area contributed by atoms with E-state index in [1.807, 2.05) is 30.3 Å². The van der Waals surface area contributed by atoms with Gasteiger partial charge in [0.1, 0.15) is 6.61 Å². The Hall–Kier alpha value is -1.68. The SMILES string of the molecule is O=COC(=O)COCc1ccccc1. The summed E-state index contributed by atoms with van der Waals surface area (Å²) in [6.07, 6.45) is 0. The molecule has 4 heteroatoms. The maximum absolute atomic E-state index is 10.7. The van der Waals surface area contributed by atoms with Crippen LogP contribution in [0.2, 0.25) is 0 Å². The highest BCUT2D eigenvalue weighted by Crippen LogP contribution is 1.99. The van der Waals surface area contributed by atoms with Crippen LogP contribution in [0, 0.1) is 0 Å². The highest BCUT2D eigenvalue weighted by atomic mass is 16.6. The molecule has 0 fully saturated rings. The summed E-state index contributed by atoms with van der Waals surface area (Å²) in [5.74, 6) is -0.684. The Morgan fingerprint density at radius 1 is 1.29 bits per heavy atom. The first-order chi connectivity index (χ1) is 6.83. The Labute approximate surface area is 81.4 Å². The van der Waals surface area contributed by atoms with Crippen molar-refractivity contribution >= 4 is 12.4 Å². The summed E-state index contributed by atoms with van der Waals surface area (Å²) in [5.41, 5.74) is 0.964. The van der Waals surface area contributed by atoms with Crippen molar-refractivity contribution in [3.05, 3.63) is 35.9 Å². The van der Waals surface area contributed by atoms with E-state index in [4.69, 9.17) is 4.74 Å². The molecule has 0 aromatic heterocycles. The summed E-state index contributed by atoms with van der Waals surface area (Å²) >= 11 is 0. The zero-order valence-corrected chi connectivity index (χ0v) is 7.51. The van der Waals surface area contributed by atoms with Gasteiger partial charge in [0.25, 0.3) is 0 Å². The first-order valence-corrected chi connectivity index (χ1v) is 4.07. The number of carbonyl (C=O) groups is 2. The molecule has 0 N–H and O–H groups in total. The van der Waals surface area contributed by atoms with E-state index in [1.165, 1.54) is 0 Å². The first-order valence-electron chi connectivity index (χ1n) is 4.07. The third kappa shape index (κ3) is 3.82. The van der Waals surface area contributed by atoms with Gasteiger partial charge in [0.15, 0.2) is 0 Å². The normalized spacial score (nSPS) is 9.43. The second-order valence-electron chi connectivity index (χ2n) is 2.56. The van der Waals surface area contributed by atoms with Crippen molar-refractivity contribution in [1.29, 1.82) is 0 Å². The molecule has 1 aromatic rings. The highest BCUT2D eigenvalue weighted by Gasteiger charge is 2.01. The van der Waals surface area contributed by atoms with Crippen LogP contribution in [0.15, 0.2) is 30.3 Å². The Balaban J connectivity index is 2.22. The molecule has 0 unspecified atom stereocenters. The number of benzene rings is 1. The number of carbonyl (C=O) groups excluding carboxylic acids is 2. The molecular weight excluding hydrogens is 184 g/mol. The molecule has 0 atom stereocenters. The largest absolute Gasteiger partial charge is 0.394 e. The molecule has 0 saturated carbocycles. The van der Waals surface area contributed by atoms with Crippen molar-refractivity contribution in [3.8, 4) is 0 Å². The molecule has 0 aliphatic rings. The van der Waals surface area contributed by atoms with E-state index in [0.717, 1.165) is 5.56 Å². The van der Waals surface area contributed by atoms with E-state index in [1.54, 1.807) is 0 Å². The van der Waals surface area contributed by atoms with Crippen LogP contribution >= 0.6 is 0 Å². The maximum Gasteiger partial charge on any atom is 0.339 e. The fourth-order valence-electron chi connectivity index (χ4n) is 0.914. The van der Waals surface area contributed by atoms with Gasteiger partial charge in [-0.2, -0.15) is 0 Å². The molecule has 0 aliphatic heterocycles. The van der Waals surface area contributed by atoms with Crippen LogP contribution in [0.5, 0.6) is 0 Å². The van der Waals surface area contributed by atoms with Crippen molar-refractivity contribution in [2.45, 2.75) is 6.61 Å². The van der Waals surface area contributed by atoms with Crippen LogP contribution in [0.3, 0.4) is 0 Å². The molecule has 0 bridgehead atoms. The average molecular weight is 194 g/mol. The predicted molar refractivity (Wildman–Crippen MR) is 48.3 cm³/mol. The van der Waals surface area contributed by atoms with Crippen molar-refractivity contribution < 1.29 is 19.1 Å². The third-order valence-corrected chi connectivity index (χ3v) is 1.51. The number of ether oxygens (including phenoxy) is 2. The maximum atomic E-state index is 10.7. The highest BCUT2D eigenvalue weighted by molar-refractivity contribution is 5.77. The van der Waals surface area contributed by atoms with Gasteiger partial charge in [-0.15, -0.1) is 0 Å². The lowest BCUT2D eigenvalue weighted by molar-refractivity contribution is -0.155. The van der Waals surface area contributed by atoms with E-state index in [9.17, 15) is 9.59 Å². The van der Waals surface area contributed by atoms with Crippen LogP contribution in [0.25, 0.3) is 0 Å². The minimum absolute atomic E-state index is 0.0915. The lowest BCUT2D eigenvalue weighted by atomic mass is 10.2. The van der Waals surface area contributed by atoms with Crippen LogP contribution < -0.4 is 0 Å². The molecule has 0 radical (unpaired) electrons. The Bertz CT molecular complexity index is 294. The van der Waals surface area contributed by atoms with Crippen LogP contribution in [0.4, 0.5) is 0 Å². The fourth-order valence-corrected chi connectivity index (χ4v) is 0.914.